The van der Waals surface area contributed by atoms with Crippen molar-refractivity contribution in [3.63, 3.8) is 0 Å². The summed E-state index contributed by atoms with van der Waals surface area (Å²) in [4.78, 5) is 41.5. The lowest BCUT2D eigenvalue weighted by Gasteiger charge is -2.45. The zero-order valence-electron chi connectivity index (χ0n) is 47.0. The van der Waals surface area contributed by atoms with Crippen LogP contribution in [0.5, 0.6) is 0 Å². The van der Waals surface area contributed by atoms with Gasteiger partial charge in [-0.15, -0.1) is 0 Å². The van der Waals surface area contributed by atoms with E-state index in [-0.39, 0.29) is 56.8 Å². The maximum absolute atomic E-state index is 13.3. The van der Waals surface area contributed by atoms with Crippen LogP contribution in [0.3, 0.4) is 0 Å². The van der Waals surface area contributed by atoms with Gasteiger partial charge in [0, 0.05) is 82.5 Å². The molecule has 0 amide bonds. The van der Waals surface area contributed by atoms with Crippen LogP contribution in [0.15, 0.2) is 65.2 Å². The van der Waals surface area contributed by atoms with Gasteiger partial charge in [-0.1, -0.05) is 90.2 Å². The Bertz CT molecular complexity index is 1930. The number of nitrogens with zero attached hydrogens (tertiary/aromatic N) is 1. The van der Waals surface area contributed by atoms with Crippen LogP contribution < -0.4 is 10.6 Å². The summed E-state index contributed by atoms with van der Waals surface area (Å²) in [5.41, 5.74) is 0.482. The van der Waals surface area contributed by atoms with E-state index in [0.29, 0.717) is 5.57 Å². The van der Waals surface area contributed by atoms with Gasteiger partial charge < -0.3 is 81.0 Å². The number of unbranched alkanes of at least 4 members (excludes halogenated alkanes) is 2. The van der Waals surface area contributed by atoms with Crippen molar-refractivity contribution in [1.29, 1.82) is 0 Å². The highest BCUT2D eigenvalue weighted by molar-refractivity contribution is 5.90. The fraction of sp³-hybridized carbons (Fsp3) is 0.754. The van der Waals surface area contributed by atoms with E-state index < -0.39 is 133 Å². The smallest absolute Gasteiger partial charge is 0.331 e. The third-order valence-corrected chi connectivity index (χ3v) is 15.2. The Kier molecular flexibility index (Phi) is 31.9. The minimum absolute atomic E-state index is 0.0572. The van der Waals surface area contributed by atoms with Crippen LogP contribution in [0, 0.1) is 35.5 Å². The second-order valence-corrected chi connectivity index (χ2v) is 21.8. The monoisotopic (exact) mass is 1100 g/mol. The Hall–Kier alpha value is -4.06. The van der Waals surface area contributed by atoms with Crippen LogP contribution in [-0.4, -0.2) is 180 Å². The standard InChI is InChI=1S/C57H97N3O17/c1-34-19-15-16-23-51(70)76-54(37(4)20-14-12-10-11-13-17-26-60-56(58-8)59-9)38(5)22-18-21-36(3)53(72)40(7)46(64)28-41(61)27-42(75-52(71)32-50(68)69)29-43-30-48(66)55(73)57(74,77-43)33-49(67)35(2)24-25-44(62)39(6)47(65)31-45(34)63/h10-11,15-16,18-19,21-23,34-35,37-49,53-55,61-67,72-74H,12-14,17,20,24-33H2,1-9H3,(H,68,69)(H2,58,59,60)/b11-10+,19-15+,22-18+,23-16-,36-21+. The van der Waals surface area contributed by atoms with Gasteiger partial charge in [0.05, 0.1) is 54.9 Å². The van der Waals surface area contributed by atoms with E-state index in [1.165, 1.54) is 12.2 Å². The summed E-state index contributed by atoms with van der Waals surface area (Å²) >= 11 is 0. The number of nitrogens with one attached hydrogen (secondary N) is 2. The highest BCUT2D eigenvalue weighted by Crippen LogP contribution is 2.36. The second kappa shape index (κ2) is 35.5. The molecule has 2 bridgehead atoms. The molecule has 1 saturated heterocycles. The molecule has 1 fully saturated rings. The lowest BCUT2D eigenvalue weighted by molar-refractivity contribution is -0.333. The second-order valence-electron chi connectivity index (χ2n) is 21.8. The van der Waals surface area contributed by atoms with Crippen molar-refractivity contribution in [2.75, 3.05) is 20.6 Å². The van der Waals surface area contributed by atoms with Crippen LogP contribution in [-0.2, 0) is 28.6 Å². The normalized spacial score (nSPS) is 38.2. The molecule has 2 aliphatic heterocycles. The first kappa shape index (κ1) is 69.0. The van der Waals surface area contributed by atoms with E-state index in [9.17, 15) is 70.6 Å². The molecule has 0 saturated carbocycles. The molecule has 0 aromatic carbocycles. The van der Waals surface area contributed by atoms with Gasteiger partial charge in [0.2, 0.25) is 0 Å². The first-order valence-electron chi connectivity index (χ1n) is 27.6. The molecule has 0 aliphatic carbocycles. The van der Waals surface area contributed by atoms with Gasteiger partial charge in [-0.3, -0.25) is 14.6 Å². The Morgan fingerprint density at radius 1 is 0.805 bits per heavy atom. The zero-order valence-corrected chi connectivity index (χ0v) is 47.0. The van der Waals surface area contributed by atoms with Crippen molar-refractivity contribution in [3.8, 4) is 0 Å². The van der Waals surface area contributed by atoms with Crippen LogP contribution in [0.4, 0.5) is 0 Å². The molecule has 442 valence electrons. The summed E-state index contributed by atoms with van der Waals surface area (Å²) in [6.45, 7) is 13.0. The van der Waals surface area contributed by atoms with E-state index in [2.05, 4.69) is 27.8 Å². The third-order valence-electron chi connectivity index (χ3n) is 15.2. The fourth-order valence-corrected chi connectivity index (χ4v) is 9.77. The van der Waals surface area contributed by atoms with Crippen molar-refractivity contribution in [2.45, 2.75) is 217 Å². The van der Waals surface area contributed by atoms with Crippen molar-refractivity contribution >= 4 is 23.9 Å². The van der Waals surface area contributed by atoms with Gasteiger partial charge in [0.25, 0.3) is 0 Å². The molecule has 0 spiro atoms. The number of allylic oxidation sites excluding steroid dienone is 6. The summed E-state index contributed by atoms with van der Waals surface area (Å²) in [6.07, 6.45) is 2.50. The highest BCUT2D eigenvalue weighted by atomic mass is 16.7. The Balaban J connectivity index is 2.43. The largest absolute Gasteiger partial charge is 0.481 e. The number of ether oxygens (including phenoxy) is 3. The number of hydrogen-bond acceptors (Lipinski definition) is 17. The maximum Gasteiger partial charge on any atom is 0.331 e. The summed E-state index contributed by atoms with van der Waals surface area (Å²) in [6, 6.07) is 0. The first-order chi connectivity index (χ1) is 36.2. The van der Waals surface area contributed by atoms with Crippen molar-refractivity contribution in [2.24, 2.45) is 40.5 Å². The van der Waals surface area contributed by atoms with Crippen molar-refractivity contribution in [1.82, 2.24) is 10.6 Å². The summed E-state index contributed by atoms with van der Waals surface area (Å²) < 4.78 is 17.4. The summed E-state index contributed by atoms with van der Waals surface area (Å²) in [7, 11) is 3.53. The molecule has 0 aromatic heterocycles. The lowest BCUT2D eigenvalue weighted by Crippen LogP contribution is -2.60. The predicted molar refractivity (Wildman–Crippen MR) is 292 cm³/mol. The molecule has 0 aromatic rings. The SMILES string of the molecule is CN=C(NC)NCCC/C=C/CCCC(C)C1OC(=O)/C=C\C=C\C(C)C(O)CC(O)C(C)C(O)CCC(C)C(O)CC2(O)OC(CC(OC(=O)CC(=O)O)CC(O)CC(O)C(C)C(O)/C(C)=C/C=C/C1C)CC(O)C2O. The first-order valence-corrected chi connectivity index (χ1v) is 27.6. The Morgan fingerprint density at radius 2 is 1.45 bits per heavy atom. The number of aliphatic carboxylic acids is 1. The summed E-state index contributed by atoms with van der Waals surface area (Å²) in [5, 5.41) is 127. The highest BCUT2D eigenvalue weighted by Gasteiger charge is 2.50. The van der Waals surface area contributed by atoms with Gasteiger partial charge in [-0.25, -0.2) is 4.79 Å². The van der Waals surface area contributed by atoms with E-state index in [0.717, 1.165) is 44.6 Å². The minimum atomic E-state index is -2.53. The van der Waals surface area contributed by atoms with E-state index >= 15 is 0 Å². The average Bonchev–Trinajstić information content (AvgIpc) is 3.36. The van der Waals surface area contributed by atoms with Gasteiger partial charge in [0.1, 0.15) is 24.7 Å². The predicted octanol–water partition coefficient (Wildman–Crippen LogP) is 3.49. The number of cyclic esters (lactones) is 1. The quantitative estimate of drug-likeness (QED) is 0.0332. The molecule has 77 heavy (non-hydrogen) atoms. The minimum Gasteiger partial charge on any atom is -0.481 e. The number of hydrogen-bond donors (Lipinski definition) is 13. The van der Waals surface area contributed by atoms with Gasteiger partial charge in [-0.2, -0.15) is 0 Å². The number of aliphatic hydroxyl groups excluding tert-OH is 9. The molecule has 2 aliphatic rings. The number of aliphatic hydroxyl groups is 10. The van der Waals surface area contributed by atoms with Crippen LogP contribution in [0.2, 0.25) is 0 Å². The molecule has 2 rings (SSSR count). The number of esters is 2. The molecule has 2 heterocycles. The van der Waals surface area contributed by atoms with Crippen molar-refractivity contribution < 1.29 is 84.8 Å². The number of carbonyl (C=O) groups excluding carboxylic acids is 2. The number of carboxylic acid groups (broad SMARTS) is 1. The molecule has 13 N–H and O–H groups in total. The number of carbonyl (C=O) groups is 3. The third kappa shape index (κ3) is 25.3. The number of rotatable bonds is 12. The number of carboxylic acids is 1. The maximum atomic E-state index is 13.3. The molecular weight excluding hydrogens is 999 g/mol. The number of aliphatic imine (C=N–C) groups is 1. The Morgan fingerprint density at radius 3 is 2.10 bits per heavy atom. The Labute approximate surface area is 456 Å². The van der Waals surface area contributed by atoms with E-state index in [4.69, 9.17) is 14.2 Å². The van der Waals surface area contributed by atoms with Crippen LogP contribution in [0.25, 0.3) is 0 Å². The van der Waals surface area contributed by atoms with E-state index in [1.807, 2.05) is 27.0 Å². The molecule has 20 nitrogen and oxygen atoms in total. The number of fused-ring (bicyclic) bond motifs is 2. The van der Waals surface area contributed by atoms with Gasteiger partial charge in [-0.05, 0) is 75.7 Å². The molecule has 19 unspecified atom stereocenters. The average molecular weight is 1100 g/mol. The molecular formula is C57H97N3O17. The van der Waals surface area contributed by atoms with Gasteiger partial charge >= 0.3 is 17.9 Å². The topological polar surface area (TPSA) is 338 Å². The fourth-order valence-electron chi connectivity index (χ4n) is 9.77. The lowest BCUT2D eigenvalue weighted by atomic mass is 9.83. The van der Waals surface area contributed by atoms with Crippen LogP contribution in [0.1, 0.15) is 138 Å². The molecule has 20 heteroatoms. The van der Waals surface area contributed by atoms with Crippen molar-refractivity contribution in [3.05, 3.63) is 60.3 Å². The molecule has 0 radical (unpaired) electrons. The zero-order chi connectivity index (χ0) is 58.0. The summed E-state index contributed by atoms with van der Waals surface area (Å²) in [5.74, 6) is -7.92. The van der Waals surface area contributed by atoms with Crippen LogP contribution >= 0.6 is 0 Å². The molecule has 19 atom stereocenters. The van der Waals surface area contributed by atoms with E-state index in [1.54, 1.807) is 66.0 Å². The number of guanidine groups is 1. The van der Waals surface area contributed by atoms with Gasteiger partial charge in [0.15, 0.2) is 11.7 Å².